The average Bonchev–Trinajstić information content (AvgIpc) is 2.99. The third kappa shape index (κ3) is 3.63. The molecule has 3 heterocycles. The van der Waals surface area contributed by atoms with E-state index in [4.69, 9.17) is 9.72 Å². The van der Waals surface area contributed by atoms with Crippen LogP contribution in [0, 0.1) is 5.41 Å². The van der Waals surface area contributed by atoms with Gasteiger partial charge in [0.2, 0.25) is 5.88 Å². The zero-order chi connectivity index (χ0) is 18.3. The Morgan fingerprint density at radius 1 is 1.04 bits per heavy atom. The lowest BCUT2D eigenvalue weighted by atomic mass is 9.76. The monoisotopic (exact) mass is 369 g/mol. The van der Waals surface area contributed by atoms with Crippen molar-refractivity contribution in [1.82, 2.24) is 14.8 Å². The minimum atomic E-state index is 0.357. The molecule has 1 saturated carbocycles. The molecule has 4 nitrogen and oxygen atoms in total. The van der Waals surface area contributed by atoms with Crippen LogP contribution in [0.1, 0.15) is 63.1 Å². The molecule has 0 aromatic carbocycles. The summed E-state index contributed by atoms with van der Waals surface area (Å²) >= 11 is 0. The van der Waals surface area contributed by atoms with Crippen molar-refractivity contribution in [2.45, 2.75) is 76.9 Å². The normalized spacial score (nSPS) is 26.9. The maximum atomic E-state index is 6.32. The fourth-order valence-electron chi connectivity index (χ4n) is 5.69. The van der Waals surface area contributed by atoms with Gasteiger partial charge in [-0.15, -0.1) is 0 Å². The van der Waals surface area contributed by atoms with Crippen LogP contribution in [0.3, 0.4) is 0 Å². The highest BCUT2D eigenvalue weighted by Crippen LogP contribution is 2.44. The zero-order valence-electron chi connectivity index (χ0n) is 17.0. The lowest BCUT2D eigenvalue weighted by Crippen LogP contribution is -2.46. The lowest BCUT2D eigenvalue weighted by Gasteiger charge is -2.41. The molecule has 0 N–H and O–H groups in total. The second-order valence-electron chi connectivity index (χ2n) is 9.48. The van der Waals surface area contributed by atoms with E-state index in [0.717, 1.165) is 31.2 Å². The van der Waals surface area contributed by atoms with E-state index in [0.29, 0.717) is 11.5 Å². The first-order valence-electron chi connectivity index (χ1n) is 11.3. The van der Waals surface area contributed by atoms with Crippen LogP contribution < -0.4 is 4.74 Å². The predicted octanol–water partition coefficient (Wildman–Crippen LogP) is 3.68. The topological polar surface area (TPSA) is 28.6 Å². The number of hydrogen-bond donors (Lipinski definition) is 0. The first-order valence-corrected chi connectivity index (χ1v) is 11.3. The van der Waals surface area contributed by atoms with Gasteiger partial charge >= 0.3 is 0 Å². The molecule has 0 atom stereocenters. The molecule has 2 aliphatic carbocycles. The summed E-state index contributed by atoms with van der Waals surface area (Å²) < 4.78 is 6.32. The molecule has 3 fully saturated rings. The molecular weight excluding hydrogens is 334 g/mol. The number of likely N-dealkylation sites (tertiary alicyclic amines) is 2. The van der Waals surface area contributed by atoms with Crippen molar-refractivity contribution in [2.24, 2.45) is 5.41 Å². The Bertz CT molecular complexity index is 656. The van der Waals surface area contributed by atoms with Gasteiger partial charge in [-0.05, 0) is 82.0 Å². The van der Waals surface area contributed by atoms with E-state index in [1.54, 1.807) is 0 Å². The number of fused-ring (bicyclic) bond motifs is 1. The highest BCUT2D eigenvalue weighted by atomic mass is 16.5. The molecule has 4 heteroatoms. The Kier molecular flexibility index (Phi) is 4.89. The second-order valence-corrected chi connectivity index (χ2v) is 9.48. The average molecular weight is 370 g/mol. The minimum absolute atomic E-state index is 0.357. The van der Waals surface area contributed by atoms with Gasteiger partial charge in [0.25, 0.3) is 0 Å². The maximum Gasteiger partial charge on any atom is 0.213 e. The summed E-state index contributed by atoms with van der Waals surface area (Å²) in [5.41, 5.74) is 3.28. The van der Waals surface area contributed by atoms with E-state index >= 15 is 0 Å². The third-order valence-corrected chi connectivity index (χ3v) is 7.87. The van der Waals surface area contributed by atoms with Crippen LogP contribution in [-0.2, 0) is 12.8 Å². The second kappa shape index (κ2) is 7.36. The Morgan fingerprint density at radius 3 is 2.48 bits per heavy atom. The Morgan fingerprint density at radius 2 is 1.81 bits per heavy atom. The Labute approximate surface area is 164 Å². The molecular formula is C23H35N3O. The molecule has 27 heavy (non-hydrogen) atoms. The predicted molar refractivity (Wildman–Crippen MR) is 108 cm³/mol. The molecule has 0 amide bonds. The van der Waals surface area contributed by atoms with Crippen LogP contribution in [0.25, 0.3) is 0 Å². The van der Waals surface area contributed by atoms with Gasteiger partial charge in [-0.25, -0.2) is 4.98 Å². The molecule has 0 bridgehead atoms. The van der Waals surface area contributed by atoms with Gasteiger partial charge < -0.3 is 14.5 Å². The van der Waals surface area contributed by atoms with Crippen molar-refractivity contribution in [3.8, 4) is 5.88 Å². The van der Waals surface area contributed by atoms with Crippen LogP contribution in [0.2, 0.25) is 0 Å². The molecule has 1 aromatic heterocycles. The molecule has 2 aliphatic heterocycles. The van der Waals surface area contributed by atoms with E-state index in [1.807, 2.05) is 0 Å². The molecule has 148 valence electrons. The summed E-state index contributed by atoms with van der Waals surface area (Å²) in [6, 6.07) is 5.32. The maximum absolute atomic E-state index is 6.32. The standard InChI is InChI=1S/C23H35N3O/c1-2-25-14-10-23(11-15-25)16-18-6-7-22(24-21(18)17-23)27-20-8-12-26(13-9-20)19-4-3-5-19/h6-7,19-20H,2-5,8-17H2,1H3. The molecule has 1 aromatic rings. The van der Waals surface area contributed by atoms with Crippen molar-refractivity contribution in [2.75, 3.05) is 32.7 Å². The number of nitrogens with zero attached hydrogens (tertiary/aromatic N) is 3. The quantitative estimate of drug-likeness (QED) is 0.809. The largest absolute Gasteiger partial charge is 0.474 e. The summed E-state index contributed by atoms with van der Waals surface area (Å²) in [4.78, 5) is 10.2. The van der Waals surface area contributed by atoms with E-state index in [2.05, 4.69) is 28.9 Å². The molecule has 1 spiro atoms. The highest BCUT2D eigenvalue weighted by Gasteiger charge is 2.40. The highest BCUT2D eigenvalue weighted by molar-refractivity contribution is 5.33. The van der Waals surface area contributed by atoms with Gasteiger partial charge in [0.15, 0.2) is 0 Å². The first-order chi connectivity index (χ1) is 13.2. The van der Waals surface area contributed by atoms with E-state index in [-0.39, 0.29) is 0 Å². The summed E-state index contributed by atoms with van der Waals surface area (Å²) in [5, 5.41) is 0. The molecule has 2 saturated heterocycles. The molecule has 0 unspecified atom stereocenters. The number of aromatic nitrogens is 1. The van der Waals surface area contributed by atoms with E-state index in [9.17, 15) is 0 Å². The SMILES string of the molecule is CCN1CCC2(CC1)Cc1ccc(OC3CCN(C4CCC4)CC3)nc1C2. The van der Waals surface area contributed by atoms with E-state index < -0.39 is 0 Å². The first kappa shape index (κ1) is 17.9. The van der Waals surface area contributed by atoms with Crippen molar-refractivity contribution >= 4 is 0 Å². The van der Waals surface area contributed by atoms with Gasteiger partial charge in [-0.1, -0.05) is 19.4 Å². The van der Waals surface area contributed by atoms with Crippen LogP contribution in [-0.4, -0.2) is 59.7 Å². The van der Waals surface area contributed by atoms with Crippen molar-refractivity contribution in [1.29, 1.82) is 0 Å². The number of pyridine rings is 1. The number of piperidine rings is 2. The van der Waals surface area contributed by atoms with Crippen LogP contribution in [0.4, 0.5) is 0 Å². The van der Waals surface area contributed by atoms with Crippen LogP contribution >= 0.6 is 0 Å². The summed E-state index contributed by atoms with van der Waals surface area (Å²) in [5.74, 6) is 0.874. The van der Waals surface area contributed by atoms with Crippen molar-refractivity contribution < 1.29 is 4.74 Å². The lowest BCUT2D eigenvalue weighted by molar-refractivity contribution is 0.0474. The van der Waals surface area contributed by atoms with Gasteiger partial charge in [-0.3, -0.25) is 0 Å². The van der Waals surface area contributed by atoms with Crippen molar-refractivity contribution in [3.05, 3.63) is 23.4 Å². The molecule has 4 aliphatic rings. The smallest absolute Gasteiger partial charge is 0.213 e. The summed E-state index contributed by atoms with van der Waals surface area (Å²) in [6.07, 6.45) is 12.0. The number of rotatable bonds is 4. The van der Waals surface area contributed by atoms with Gasteiger partial charge in [0, 0.05) is 30.9 Å². The number of hydrogen-bond acceptors (Lipinski definition) is 4. The Balaban J connectivity index is 1.18. The van der Waals surface area contributed by atoms with Gasteiger partial charge in [0.05, 0.1) is 0 Å². The summed E-state index contributed by atoms with van der Waals surface area (Å²) in [7, 11) is 0. The fourth-order valence-corrected chi connectivity index (χ4v) is 5.69. The van der Waals surface area contributed by atoms with Gasteiger partial charge in [0.1, 0.15) is 6.10 Å². The zero-order valence-corrected chi connectivity index (χ0v) is 17.0. The van der Waals surface area contributed by atoms with Crippen LogP contribution in [0.15, 0.2) is 12.1 Å². The van der Waals surface area contributed by atoms with Crippen molar-refractivity contribution in [3.63, 3.8) is 0 Å². The third-order valence-electron chi connectivity index (χ3n) is 7.87. The molecule has 5 rings (SSSR count). The van der Waals surface area contributed by atoms with Gasteiger partial charge in [-0.2, -0.15) is 0 Å². The minimum Gasteiger partial charge on any atom is -0.474 e. The molecule has 0 radical (unpaired) electrons. The summed E-state index contributed by atoms with van der Waals surface area (Å²) in [6.45, 7) is 8.40. The fraction of sp³-hybridized carbons (Fsp3) is 0.783. The van der Waals surface area contributed by atoms with Crippen LogP contribution in [0.5, 0.6) is 5.88 Å². The Hall–Kier alpha value is -1.13. The van der Waals surface area contributed by atoms with E-state index in [1.165, 1.54) is 82.5 Å². The number of ether oxygens (including phenoxy) is 1.